The maximum atomic E-state index is 5.31. The van der Waals surface area contributed by atoms with E-state index in [0.717, 1.165) is 11.3 Å². The number of hydrogen-bond acceptors (Lipinski definition) is 6. The SMILES string of the molecule is c1ccc(Cc2noc(CSc3ncn(-c4ccccc4)n3)n2)cc1. The lowest BCUT2D eigenvalue weighted by molar-refractivity contribution is 0.385. The standard InChI is InChI=1S/C18H15N5OS/c1-3-7-14(8-4-1)11-16-20-17(24-22-16)12-25-18-19-13-23(21-18)15-9-5-2-6-10-15/h1-10,13H,11-12H2. The summed E-state index contributed by atoms with van der Waals surface area (Å²) in [4.78, 5) is 8.73. The summed E-state index contributed by atoms with van der Waals surface area (Å²) < 4.78 is 7.05. The van der Waals surface area contributed by atoms with Crippen molar-refractivity contribution in [2.24, 2.45) is 0 Å². The summed E-state index contributed by atoms with van der Waals surface area (Å²) >= 11 is 1.47. The molecule has 0 N–H and O–H groups in total. The minimum absolute atomic E-state index is 0.542. The molecule has 0 unspecified atom stereocenters. The van der Waals surface area contributed by atoms with Crippen LogP contribution in [0.2, 0.25) is 0 Å². The molecule has 0 saturated heterocycles. The van der Waals surface area contributed by atoms with Crippen LogP contribution >= 0.6 is 11.8 Å². The largest absolute Gasteiger partial charge is 0.338 e. The fraction of sp³-hybridized carbons (Fsp3) is 0.111. The molecule has 4 rings (SSSR count). The molecule has 7 heteroatoms. The molecule has 0 aliphatic carbocycles. The quantitative estimate of drug-likeness (QED) is 0.496. The molecular weight excluding hydrogens is 334 g/mol. The molecule has 0 radical (unpaired) electrons. The van der Waals surface area contributed by atoms with Crippen molar-refractivity contribution in [2.75, 3.05) is 0 Å². The maximum Gasteiger partial charge on any atom is 0.237 e. The Morgan fingerprint density at radius 3 is 2.52 bits per heavy atom. The number of hydrogen-bond donors (Lipinski definition) is 0. The zero-order chi connectivity index (χ0) is 16.9. The van der Waals surface area contributed by atoms with Crippen LogP contribution in [0.1, 0.15) is 17.3 Å². The average Bonchev–Trinajstić information content (AvgIpc) is 3.31. The van der Waals surface area contributed by atoms with Crippen molar-refractivity contribution in [3.63, 3.8) is 0 Å². The summed E-state index contributed by atoms with van der Waals surface area (Å²) in [6, 6.07) is 20.0. The Balaban J connectivity index is 1.37. The smallest absolute Gasteiger partial charge is 0.237 e. The molecule has 0 aliphatic heterocycles. The third-order valence-electron chi connectivity index (χ3n) is 3.53. The first-order valence-corrected chi connectivity index (χ1v) is 8.81. The van der Waals surface area contributed by atoms with Crippen molar-refractivity contribution in [2.45, 2.75) is 17.3 Å². The molecule has 4 aromatic rings. The molecule has 0 atom stereocenters. The van der Waals surface area contributed by atoms with E-state index in [1.807, 2.05) is 60.7 Å². The summed E-state index contributed by atoms with van der Waals surface area (Å²) in [6.07, 6.45) is 2.36. The van der Waals surface area contributed by atoms with Crippen molar-refractivity contribution >= 4 is 11.8 Å². The molecule has 124 valence electrons. The second-order valence-electron chi connectivity index (χ2n) is 5.36. The van der Waals surface area contributed by atoms with Crippen LogP contribution < -0.4 is 0 Å². The van der Waals surface area contributed by atoms with E-state index in [1.165, 1.54) is 11.8 Å². The van der Waals surface area contributed by atoms with E-state index < -0.39 is 0 Å². The maximum absolute atomic E-state index is 5.31. The van der Waals surface area contributed by atoms with Crippen molar-refractivity contribution in [3.05, 3.63) is 84.3 Å². The van der Waals surface area contributed by atoms with Crippen LogP contribution in [-0.4, -0.2) is 24.9 Å². The Bertz CT molecular complexity index is 936. The van der Waals surface area contributed by atoms with Gasteiger partial charge in [0.2, 0.25) is 11.0 Å². The molecule has 0 aliphatic rings. The van der Waals surface area contributed by atoms with Crippen molar-refractivity contribution in [1.82, 2.24) is 24.9 Å². The number of nitrogens with zero attached hydrogens (tertiary/aromatic N) is 5. The fourth-order valence-electron chi connectivity index (χ4n) is 2.34. The van der Waals surface area contributed by atoms with Crippen LogP contribution in [0, 0.1) is 0 Å². The van der Waals surface area contributed by atoms with E-state index in [1.54, 1.807) is 11.0 Å². The van der Waals surface area contributed by atoms with Crippen molar-refractivity contribution in [1.29, 1.82) is 0 Å². The Morgan fingerprint density at radius 2 is 1.72 bits per heavy atom. The minimum Gasteiger partial charge on any atom is -0.338 e. The first kappa shape index (κ1) is 15.6. The van der Waals surface area contributed by atoms with Crippen LogP contribution in [0.25, 0.3) is 5.69 Å². The molecule has 6 nitrogen and oxygen atoms in total. The van der Waals surface area contributed by atoms with Gasteiger partial charge in [-0.1, -0.05) is 65.4 Å². The topological polar surface area (TPSA) is 69.6 Å². The minimum atomic E-state index is 0.542. The van der Waals surface area contributed by atoms with Gasteiger partial charge in [-0.2, -0.15) is 4.98 Å². The molecular formula is C18H15N5OS. The van der Waals surface area contributed by atoms with Crippen molar-refractivity contribution in [3.8, 4) is 5.69 Å². The van der Waals surface area contributed by atoms with Gasteiger partial charge >= 0.3 is 0 Å². The lowest BCUT2D eigenvalue weighted by Crippen LogP contribution is -1.93. The molecule has 0 amide bonds. The van der Waals surface area contributed by atoms with Crippen molar-refractivity contribution < 1.29 is 4.52 Å². The van der Waals surface area contributed by atoms with E-state index in [0.29, 0.717) is 29.0 Å². The van der Waals surface area contributed by atoms with Gasteiger partial charge in [-0.15, -0.1) is 5.10 Å². The Morgan fingerprint density at radius 1 is 0.960 bits per heavy atom. The summed E-state index contributed by atoms with van der Waals surface area (Å²) in [6.45, 7) is 0. The van der Waals surface area contributed by atoms with Gasteiger partial charge in [0.15, 0.2) is 5.82 Å². The second-order valence-corrected chi connectivity index (χ2v) is 6.31. The van der Waals surface area contributed by atoms with Gasteiger partial charge < -0.3 is 4.52 Å². The molecule has 2 aromatic carbocycles. The van der Waals surface area contributed by atoms with Gasteiger partial charge in [0, 0.05) is 6.42 Å². The number of rotatable bonds is 6. The summed E-state index contributed by atoms with van der Waals surface area (Å²) in [5.74, 6) is 1.80. The average molecular weight is 349 g/mol. The highest BCUT2D eigenvalue weighted by Crippen LogP contribution is 2.19. The molecule has 2 heterocycles. The predicted octanol–water partition coefficient (Wildman–Crippen LogP) is 3.53. The summed E-state index contributed by atoms with van der Waals surface area (Å²) in [7, 11) is 0. The highest BCUT2D eigenvalue weighted by molar-refractivity contribution is 7.98. The molecule has 0 saturated carbocycles. The first-order chi connectivity index (χ1) is 12.4. The summed E-state index contributed by atoms with van der Waals surface area (Å²) in [5.41, 5.74) is 2.13. The van der Waals surface area contributed by atoms with Gasteiger partial charge in [-0.05, 0) is 17.7 Å². The highest BCUT2D eigenvalue weighted by Gasteiger charge is 2.10. The van der Waals surface area contributed by atoms with Gasteiger partial charge in [-0.3, -0.25) is 0 Å². The molecule has 0 bridgehead atoms. The van der Waals surface area contributed by atoms with Crippen LogP contribution in [0.3, 0.4) is 0 Å². The van der Waals surface area contributed by atoms with Gasteiger partial charge in [-0.25, -0.2) is 9.67 Å². The lowest BCUT2D eigenvalue weighted by atomic mass is 10.1. The second kappa shape index (κ2) is 7.31. The van der Waals surface area contributed by atoms with Gasteiger partial charge in [0.25, 0.3) is 0 Å². The van der Waals surface area contributed by atoms with Crippen LogP contribution in [0.15, 0.2) is 76.7 Å². The number of para-hydroxylation sites is 1. The van der Waals surface area contributed by atoms with Crippen LogP contribution in [0.5, 0.6) is 0 Å². The van der Waals surface area contributed by atoms with Crippen LogP contribution in [-0.2, 0) is 12.2 Å². The molecule has 2 aromatic heterocycles. The zero-order valence-corrected chi connectivity index (χ0v) is 14.1. The van der Waals surface area contributed by atoms with Crippen LogP contribution in [0.4, 0.5) is 0 Å². The third-order valence-corrected chi connectivity index (χ3v) is 4.37. The Hall–Kier alpha value is -2.93. The zero-order valence-electron chi connectivity index (χ0n) is 13.3. The van der Waals surface area contributed by atoms with E-state index >= 15 is 0 Å². The monoisotopic (exact) mass is 349 g/mol. The van der Waals surface area contributed by atoms with E-state index in [2.05, 4.69) is 20.2 Å². The molecule has 25 heavy (non-hydrogen) atoms. The molecule has 0 fully saturated rings. The van der Waals surface area contributed by atoms with E-state index in [4.69, 9.17) is 4.52 Å². The number of benzene rings is 2. The number of thioether (sulfide) groups is 1. The third kappa shape index (κ3) is 3.95. The highest BCUT2D eigenvalue weighted by atomic mass is 32.2. The van der Waals surface area contributed by atoms with E-state index in [-0.39, 0.29) is 0 Å². The van der Waals surface area contributed by atoms with Gasteiger partial charge in [0.1, 0.15) is 6.33 Å². The van der Waals surface area contributed by atoms with Gasteiger partial charge in [0.05, 0.1) is 11.4 Å². The molecule has 0 spiro atoms. The Kier molecular flexibility index (Phi) is 4.56. The predicted molar refractivity (Wildman–Crippen MR) is 94.5 cm³/mol. The first-order valence-electron chi connectivity index (χ1n) is 7.82. The normalized spacial score (nSPS) is 10.9. The fourth-order valence-corrected chi connectivity index (χ4v) is 2.98. The van der Waals surface area contributed by atoms with E-state index in [9.17, 15) is 0 Å². The number of aromatic nitrogens is 5. The lowest BCUT2D eigenvalue weighted by Gasteiger charge is -1.97. The Labute approximate surface area is 148 Å². The summed E-state index contributed by atoms with van der Waals surface area (Å²) in [5, 5.41) is 9.15.